The van der Waals surface area contributed by atoms with Gasteiger partial charge in [0.1, 0.15) is 11.4 Å². The molecule has 0 aliphatic carbocycles. The van der Waals surface area contributed by atoms with E-state index in [0.29, 0.717) is 24.7 Å². The van der Waals surface area contributed by atoms with Crippen LogP contribution in [-0.4, -0.2) is 52.8 Å². The van der Waals surface area contributed by atoms with Gasteiger partial charge in [-0.1, -0.05) is 11.6 Å². The quantitative estimate of drug-likeness (QED) is 0.492. The van der Waals surface area contributed by atoms with E-state index in [1.807, 2.05) is 4.90 Å². The van der Waals surface area contributed by atoms with Gasteiger partial charge in [0.2, 0.25) is 5.95 Å². The van der Waals surface area contributed by atoms with Gasteiger partial charge in [0.05, 0.1) is 23.6 Å². The average molecular weight is 447 g/mol. The summed E-state index contributed by atoms with van der Waals surface area (Å²) in [5.74, 6) is -1.61. The summed E-state index contributed by atoms with van der Waals surface area (Å²) >= 11 is 5.76. The van der Waals surface area contributed by atoms with Crippen LogP contribution in [0.3, 0.4) is 0 Å². The number of carboxylic acids is 1. The van der Waals surface area contributed by atoms with Crippen LogP contribution in [0.25, 0.3) is 11.4 Å². The van der Waals surface area contributed by atoms with Gasteiger partial charge in [0.25, 0.3) is 0 Å². The van der Waals surface area contributed by atoms with Gasteiger partial charge in [-0.2, -0.15) is 15.0 Å². The molecule has 156 valence electrons. The van der Waals surface area contributed by atoms with Gasteiger partial charge in [-0.25, -0.2) is 4.39 Å². The number of hydrogen-bond donors (Lipinski definition) is 0. The number of anilines is 1. The van der Waals surface area contributed by atoms with Crippen molar-refractivity contribution in [2.24, 2.45) is 0 Å². The number of methoxy groups -OCH3 is 1. The first-order chi connectivity index (χ1) is 13.7. The SMILES string of the molecule is COC[C@@H]1CCCN1c1nc(OC(C)(C)C(=O)[O-])nc(-c2ccc(Cl)c(F)c2)n1.[Na+]. The summed E-state index contributed by atoms with van der Waals surface area (Å²) in [5.41, 5.74) is -1.31. The Bertz CT molecular complexity index is 918. The van der Waals surface area contributed by atoms with E-state index in [1.165, 1.54) is 26.0 Å². The fourth-order valence-corrected chi connectivity index (χ4v) is 3.14. The smallest absolute Gasteiger partial charge is 0.546 e. The molecular formula is C19H21ClFN4NaO4. The zero-order valence-corrected chi connectivity index (χ0v) is 20.1. The van der Waals surface area contributed by atoms with Crippen LogP contribution in [0.2, 0.25) is 5.02 Å². The zero-order valence-electron chi connectivity index (χ0n) is 17.3. The number of carbonyl (C=O) groups excluding carboxylic acids is 1. The van der Waals surface area contributed by atoms with Gasteiger partial charge < -0.3 is 24.3 Å². The van der Waals surface area contributed by atoms with Crippen molar-refractivity contribution in [2.75, 3.05) is 25.2 Å². The summed E-state index contributed by atoms with van der Waals surface area (Å²) in [7, 11) is 1.61. The minimum Gasteiger partial charge on any atom is -0.546 e. The number of aliphatic carboxylic acids is 1. The van der Waals surface area contributed by atoms with Crippen molar-refractivity contribution in [2.45, 2.75) is 38.3 Å². The van der Waals surface area contributed by atoms with Gasteiger partial charge in [0.15, 0.2) is 5.82 Å². The van der Waals surface area contributed by atoms with E-state index in [1.54, 1.807) is 13.2 Å². The summed E-state index contributed by atoms with van der Waals surface area (Å²) in [6, 6.07) is 4.02. The Kier molecular flexibility index (Phi) is 8.41. The van der Waals surface area contributed by atoms with Crippen molar-refractivity contribution in [1.82, 2.24) is 15.0 Å². The molecule has 11 heteroatoms. The fourth-order valence-electron chi connectivity index (χ4n) is 3.02. The molecule has 0 bridgehead atoms. The van der Waals surface area contributed by atoms with Crippen molar-refractivity contribution in [1.29, 1.82) is 0 Å². The number of halogens is 2. The third-order valence-electron chi connectivity index (χ3n) is 4.61. The van der Waals surface area contributed by atoms with E-state index in [9.17, 15) is 14.3 Å². The van der Waals surface area contributed by atoms with Crippen molar-refractivity contribution in [3.8, 4) is 17.4 Å². The van der Waals surface area contributed by atoms with Gasteiger partial charge >= 0.3 is 35.6 Å². The van der Waals surface area contributed by atoms with Crippen molar-refractivity contribution < 1.29 is 53.3 Å². The van der Waals surface area contributed by atoms with E-state index in [-0.39, 0.29) is 52.5 Å². The van der Waals surface area contributed by atoms with Crippen molar-refractivity contribution in [3.63, 3.8) is 0 Å². The Hall–Kier alpha value is -1.52. The molecule has 0 spiro atoms. The second-order valence-electron chi connectivity index (χ2n) is 7.22. The molecule has 2 aromatic rings. The van der Waals surface area contributed by atoms with Gasteiger partial charge in [-0.05, 0) is 44.9 Å². The van der Waals surface area contributed by atoms with Gasteiger partial charge in [0, 0.05) is 19.2 Å². The third kappa shape index (κ3) is 5.59. The van der Waals surface area contributed by atoms with Crippen LogP contribution in [0.4, 0.5) is 10.3 Å². The summed E-state index contributed by atoms with van der Waals surface area (Å²) in [6.07, 6.45) is 1.82. The number of benzene rings is 1. The number of hydrogen-bond acceptors (Lipinski definition) is 8. The minimum atomic E-state index is -1.67. The molecule has 0 radical (unpaired) electrons. The average Bonchev–Trinajstić information content (AvgIpc) is 3.12. The Morgan fingerprint density at radius 2 is 2.10 bits per heavy atom. The first-order valence-electron chi connectivity index (χ1n) is 9.09. The molecule has 1 aromatic carbocycles. The molecule has 0 N–H and O–H groups in total. The number of ether oxygens (including phenoxy) is 2. The predicted molar refractivity (Wildman–Crippen MR) is 102 cm³/mol. The fraction of sp³-hybridized carbons (Fsp3) is 0.474. The van der Waals surface area contributed by atoms with Crippen LogP contribution in [0.15, 0.2) is 18.2 Å². The molecule has 0 unspecified atom stereocenters. The van der Waals surface area contributed by atoms with Crippen LogP contribution in [0, 0.1) is 5.82 Å². The Morgan fingerprint density at radius 1 is 1.37 bits per heavy atom. The number of aromatic nitrogens is 3. The molecule has 0 saturated carbocycles. The van der Waals surface area contributed by atoms with Crippen LogP contribution in [0.1, 0.15) is 26.7 Å². The molecular weight excluding hydrogens is 426 g/mol. The maximum atomic E-state index is 14.0. The predicted octanol–water partition coefficient (Wildman–Crippen LogP) is -1.14. The van der Waals surface area contributed by atoms with Gasteiger partial charge in [-0.3, -0.25) is 0 Å². The molecule has 0 amide bonds. The summed E-state index contributed by atoms with van der Waals surface area (Å²) < 4.78 is 24.7. The van der Waals surface area contributed by atoms with Crippen LogP contribution in [-0.2, 0) is 9.53 Å². The molecule has 1 fully saturated rings. The van der Waals surface area contributed by atoms with Crippen LogP contribution >= 0.6 is 11.6 Å². The molecule has 1 saturated heterocycles. The van der Waals surface area contributed by atoms with Crippen LogP contribution < -0.4 is 44.3 Å². The number of carbonyl (C=O) groups is 1. The molecule has 2 heterocycles. The second-order valence-corrected chi connectivity index (χ2v) is 7.62. The maximum absolute atomic E-state index is 14.0. The Morgan fingerprint density at radius 3 is 2.73 bits per heavy atom. The topological polar surface area (TPSA) is 100 Å². The van der Waals surface area contributed by atoms with Crippen molar-refractivity contribution in [3.05, 3.63) is 29.0 Å². The normalized spacial score (nSPS) is 16.3. The number of carboxylic acid groups (broad SMARTS) is 1. The van der Waals surface area contributed by atoms with E-state index in [2.05, 4.69) is 15.0 Å². The standard InChI is InChI=1S/C19H22ClFN4O4.Na/c1-19(2,16(26)27)29-18-23-15(11-6-7-13(20)14(21)9-11)22-17(24-18)25-8-4-5-12(25)10-28-3;/h6-7,9,12H,4-5,8,10H2,1-3H3,(H,26,27);/q;+1/p-1/t12-;/m0./s1. The van der Waals surface area contributed by atoms with E-state index < -0.39 is 17.4 Å². The first-order valence-corrected chi connectivity index (χ1v) is 9.46. The van der Waals surface area contributed by atoms with E-state index >= 15 is 0 Å². The molecule has 1 aliphatic rings. The summed E-state index contributed by atoms with van der Waals surface area (Å²) in [4.78, 5) is 26.2. The van der Waals surface area contributed by atoms with Crippen molar-refractivity contribution >= 4 is 23.5 Å². The third-order valence-corrected chi connectivity index (χ3v) is 4.92. The first kappa shape index (κ1) is 24.7. The molecule has 8 nitrogen and oxygen atoms in total. The monoisotopic (exact) mass is 446 g/mol. The number of nitrogens with zero attached hydrogens (tertiary/aromatic N) is 4. The summed E-state index contributed by atoms with van der Waals surface area (Å²) in [6.45, 7) is 3.83. The van der Waals surface area contributed by atoms with E-state index in [0.717, 1.165) is 12.8 Å². The summed E-state index contributed by atoms with van der Waals surface area (Å²) in [5, 5.41) is 11.3. The molecule has 3 rings (SSSR count). The Labute approximate surface area is 201 Å². The maximum Gasteiger partial charge on any atom is 1.00 e. The number of rotatable bonds is 7. The molecule has 1 aliphatic heterocycles. The minimum absolute atomic E-state index is 0. The van der Waals surface area contributed by atoms with Crippen LogP contribution in [0.5, 0.6) is 6.01 Å². The van der Waals surface area contributed by atoms with Gasteiger partial charge in [-0.15, -0.1) is 0 Å². The van der Waals surface area contributed by atoms with E-state index in [4.69, 9.17) is 21.1 Å². The molecule has 30 heavy (non-hydrogen) atoms. The molecule has 1 atom stereocenters. The second kappa shape index (κ2) is 10.2. The Balaban J connectivity index is 0.00000320. The largest absolute Gasteiger partial charge is 1.00 e. The zero-order chi connectivity index (χ0) is 21.2. The molecule has 1 aromatic heterocycles.